The van der Waals surface area contributed by atoms with Crippen LogP contribution in [0.15, 0.2) is 65.5 Å². The van der Waals surface area contributed by atoms with E-state index >= 15 is 0 Å². The summed E-state index contributed by atoms with van der Waals surface area (Å²) in [5.74, 6) is -0.188. The number of rotatable bonds is 9. The molecule has 1 amide bonds. The number of aromatic amines is 1. The molecule has 2 aliphatic rings. The van der Waals surface area contributed by atoms with Gasteiger partial charge in [-0.15, -0.1) is 0 Å². The lowest BCUT2D eigenvalue weighted by atomic mass is 9.94. The van der Waals surface area contributed by atoms with Gasteiger partial charge in [-0.05, 0) is 73.4 Å². The maximum absolute atomic E-state index is 14.0. The fourth-order valence-corrected chi connectivity index (χ4v) is 6.79. The number of carbonyl (C=O) groups is 1. The third-order valence-corrected chi connectivity index (χ3v) is 9.36. The number of carbonyl (C=O) groups excluding carboxylic acids is 1. The van der Waals surface area contributed by atoms with E-state index in [4.69, 9.17) is 9.47 Å². The third-order valence-electron chi connectivity index (χ3n) is 9.36. The lowest BCUT2D eigenvalue weighted by molar-refractivity contribution is 0.0342. The molecule has 2 aliphatic heterocycles. The molecule has 45 heavy (non-hydrogen) atoms. The Bertz CT molecular complexity index is 1700. The Morgan fingerprint density at radius 2 is 1.62 bits per heavy atom. The quantitative estimate of drug-likeness (QED) is 0.258. The number of pyridine rings is 1. The minimum absolute atomic E-state index is 0.141. The topological polar surface area (TPSA) is 86.9 Å². The highest BCUT2D eigenvalue weighted by atomic mass is 16.5. The van der Waals surface area contributed by atoms with E-state index in [1.54, 1.807) is 0 Å². The Hall–Kier alpha value is -3.98. The van der Waals surface area contributed by atoms with E-state index in [-0.39, 0.29) is 18.0 Å². The largest absolute Gasteiger partial charge is 0.381 e. The molecule has 3 aromatic carbocycles. The van der Waals surface area contributed by atoms with Crippen molar-refractivity contribution < 1.29 is 14.3 Å². The fraction of sp³-hybridized carbons (Fsp3) is 0.405. The van der Waals surface area contributed by atoms with Gasteiger partial charge in [-0.2, -0.15) is 0 Å². The maximum Gasteiger partial charge on any atom is 0.253 e. The summed E-state index contributed by atoms with van der Waals surface area (Å²) in [5.41, 5.74) is 7.18. The number of benzene rings is 3. The van der Waals surface area contributed by atoms with Gasteiger partial charge in [0.2, 0.25) is 0 Å². The molecule has 6 rings (SSSR count). The second-order valence-corrected chi connectivity index (χ2v) is 12.2. The van der Waals surface area contributed by atoms with Gasteiger partial charge in [0.25, 0.3) is 11.5 Å². The van der Waals surface area contributed by atoms with Crippen LogP contribution in [0.3, 0.4) is 0 Å². The minimum Gasteiger partial charge on any atom is -0.381 e. The number of aryl methyl sites for hydroxylation is 1. The predicted octanol–water partition coefficient (Wildman–Crippen LogP) is 5.58. The standard InChI is InChI=1S/C37H44N4O4/c1-4-41(30-13-17-44-18-14-30)35-22-29(28-11-9-27(10-12-28)24-40-15-19-45-20-16-40)21-33(25(35)2)36(42)38-23-34-32-8-6-5-7-31(32)26(3)39-37(34)43/h5-12,21-22,30H,4,13-20,23-24H2,1-3H3,(H,38,42)(H,39,43). The highest BCUT2D eigenvalue weighted by Crippen LogP contribution is 2.34. The number of hydrogen-bond acceptors (Lipinski definition) is 6. The summed E-state index contributed by atoms with van der Waals surface area (Å²) in [4.78, 5) is 34.8. The van der Waals surface area contributed by atoms with Gasteiger partial charge in [-0.3, -0.25) is 14.5 Å². The first-order valence-corrected chi connectivity index (χ1v) is 16.2. The van der Waals surface area contributed by atoms with Crippen LogP contribution in [0.2, 0.25) is 0 Å². The van der Waals surface area contributed by atoms with Crippen LogP contribution in [-0.4, -0.2) is 67.9 Å². The second-order valence-electron chi connectivity index (χ2n) is 12.2. The predicted molar refractivity (Wildman–Crippen MR) is 180 cm³/mol. The first-order chi connectivity index (χ1) is 21.9. The molecule has 1 aromatic heterocycles. The van der Waals surface area contributed by atoms with Gasteiger partial charge in [-0.25, -0.2) is 0 Å². The van der Waals surface area contributed by atoms with Crippen molar-refractivity contribution in [2.24, 2.45) is 0 Å². The van der Waals surface area contributed by atoms with Crippen LogP contribution in [0.25, 0.3) is 21.9 Å². The van der Waals surface area contributed by atoms with E-state index in [0.29, 0.717) is 17.2 Å². The Kier molecular flexibility index (Phi) is 9.64. The minimum atomic E-state index is -0.188. The highest BCUT2D eigenvalue weighted by molar-refractivity contribution is 5.99. The van der Waals surface area contributed by atoms with E-state index < -0.39 is 0 Å². The molecule has 0 spiro atoms. The first-order valence-electron chi connectivity index (χ1n) is 16.2. The van der Waals surface area contributed by atoms with Crippen LogP contribution in [0.1, 0.15) is 52.5 Å². The third kappa shape index (κ3) is 6.83. The Labute approximate surface area is 265 Å². The lowest BCUT2D eigenvalue weighted by Gasteiger charge is -2.37. The summed E-state index contributed by atoms with van der Waals surface area (Å²) in [6.07, 6.45) is 1.91. The zero-order valence-corrected chi connectivity index (χ0v) is 26.7. The number of anilines is 1. The number of nitrogens with one attached hydrogen (secondary N) is 2. The lowest BCUT2D eigenvalue weighted by Crippen LogP contribution is -2.40. The number of nitrogens with zero attached hydrogens (tertiary/aromatic N) is 2. The molecule has 8 heteroatoms. The van der Waals surface area contributed by atoms with E-state index in [0.717, 1.165) is 104 Å². The van der Waals surface area contributed by atoms with Crippen molar-refractivity contribution in [1.82, 2.24) is 15.2 Å². The van der Waals surface area contributed by atoms with Crippen molar-refractivity contribution in [1.29, 1.82) is 0 Å². The zero-order chi connectivity index (χ0) is 31.3. The molecule has 0 unspecified atom stereocenters. The smallest absolute Gasteiger partial charge is 0.253 e. The van der Waals surface area contributed by atoms with Crippen molar-refractivity contribution in [2.45, 2.75) is 52.7 Å². The summed E-state index contributed by atoms with van der Waals surface area (Å²) in [6, 6.07) is 21.1. The molecule has 0 saturated carbocycles. The van der Waals surface area contributed by atoms with Crippen molar-refractivity contribution in [3.05, 3.63) is 99.0 Å². The Morgan fingerprint density at radius 3 is 2.33 bits per heavy atom. The van der Waals surface area contributed by atoms with Crippen LogP contribution in [0.4, 0.5) is 5.69 Å². The van der Waals surface area contributed by atoms with Crippen LogP contribution in [0, 0.1) is 13.8 Å². The normalized spacial score (nSPS) is 16.2. The van der Waals surface area contributed by atoms with E-state index in [1.807, 2.05) is 44.2 Å². The van der Waals surface area contributed by atoms with Crippen LogP contribution in [0.5, 0.6) is 0 Å². The fourth-order valence-electron chi connectivity index (χ4n) is 6.79. The first kappa shape index (κ1) is 31.0. The van der Waals surface area contributed by atoms with Gasteiger partial charge in [-0.1, -0.05) is 48.5 Å². The van der Waals surface area contributed by atoms with Crippen molar-refractivity contribution in [3.63, 3.8) is 0 Å². The molecule has 2 fully saturated rings. The van der Waals surface area contributed by atoms with E-state index in [2.05, 4.69) is 57.4 Å². The van der Waals surface area contributed by atoms with Crippen LogP contribution in [-0.2, 0) is 22.6 Å². The summed E-state index contributed by atoms with van der Waals surface area (Å²) < 4.78 is 11.2. The number of hydrogen-bond donors (Lipinski definition) is 2. The Balaban J connectivity index is 1.33. The maximum atomic E-state index is 14.0. The molecule has 2 N–H and O–H groups in total. The van der Waals surface area contributed by atoms with Gasteiger partial charge in [0.1, 0.15) is 0 Å². The summed E-state index contributed by atoms with van der Waals surface area (Å²) in [6.45, 7) is 12.9. The molecule has 2 saturated heterocycles. The highest BCUT2D eigenvalue weighted by Gasteiger charge is 2.25. The molecule has 0 bridgehead atoms. The number of ether oxygens (including phenoxy) is 2. The molecular formula is C37H44N4O4. The number of H-pyrrole nitrogens is 1. The molecule has 0 radical (unpaired) electrons. The van der Waals surface area contributed by atoms with Gasteiger partial charge >= 0.3 is 0 Å². The SMILES string of the molecule is CCN(c1cc(-c2ccc(CN3CCOCC3)cc2)cc(C(=O)NCc2c(=O)[nH]c(C)c3ccccc23)c1C)C1CCOCC1. The number of amides is 1. The molecule has 4 aromatic rings. The number of aromatic nitrogens is 1. The summed E-state index contributed by atoms with van der Waals surface area (Å²) in [7, 11) is 0. The Morgan fingerprint density at radius 1 is 0.933 bits per heavy atom. The van der Waals surface area contributed by atoms with Crippen LogP contribution >= 0.6 is 0 Å². The number of morpholine rings is 1. The van der Waals surface area contributed by atoms with Crippen LogP contribution < -0.4 is 15.8 Å². The summed E-state index contributed by atoms with van der Waals surface area (Å²) >= 11 is 0. The van der Waals surface area contributed by atoms with Gasteiger partial charge in [0, 0.05) is 79.9 Å². The van der Waals surface area contributed by atoms with Gasteiger partial charge < -0.3 is 24.7 Å². The molecule has 0 atom stereocenters. The average Bonchev–Trinajstić information content (AvgIpc) is 3.07. The van der Waals surface area contributed by atoms with Crippen molar-refractivity contribution in [2.75, 3.05) is 51.0 Å². The molecule has 0 aliphatic carbocycles. The monoisotopic (exact) mass is 608 g/mol. The van der Waals surface area contributed by atoms with E-state index in [1.165, 1.54) is 5.56 Å². The van der Waals surface area contributed by atoms with Crippen molar-refractivity contribution in [3.8, 4) is 11.1 Å². The molecular weight excluding hydrogens is 564 g/mol. The van der Waals surface area contributed by atoms with Gasteiger partial charge in [0.05, 0.1) is 13.2 Å². The molecule has 8 nitrogen and oxygen atoms in total. The van der Waals surface area contributed by atoms with E-state index in [9.17, 15) is 9.59 Å². The number of fused-ring (bicyclic) bond motifs is 1. The zero-order valence-electron chi connectivity index (χ0n) is 26.7. The summed E-state index contributed by atoms with van der Waals surface area (Å²) in [5, 5.41) is 4.93. The average molecular weight is 609 g/mol. The second kappa shape index (κ2) is 14.0. The molecule has 3 heterocycles. The molecule has 236 valence electrons. The van der Waals surface area contributed by atoms with Crippen molar-refractivity contribution >= 4 is 22.4 Å². The van der Waals surface area contributed by atoms with Gasteiger partial charge in [0.15, 0.2) is 0 Å².